The number of hydrogen-bond acceptors (Lipinski definition) is 4. The van der Waals surface area contributed by atoms with Crippen molar-refractivity contribution in [2.75, 3.05) is 41.0 Å². The largest absolute Gasteiger partial charge is 0.381 e. The van der Waals surface area contributed by atoms with Crippen LogP contribution in [-0.4, -0.2) is 67.4 Å². The van der Waals surface area contributed by atoms with Crippen LogP contribution in [0, 0.1) is 0 Å². The van der Waals surface area contributed by atoms with Crippen LogP contribution in [0.5, 0.6) is 0 Å². The Kier molecular flexibility index (Phi) is 6.47. The number of methoxy groups -OCH3 is 1. The molecule has 7 heteroatoms. The number of aromatic amines is 1. The Hall–Kier alpha value is -2.38. The fraction of sp³-hybridized carbons (Fsp3) is 0.500. The molecule has 27 heavy (non-hydrogen) atoms. The van der Waals surface area contributed by atoms with Gasteiger partial charge < -0.3 is 24.7 Å². The number of benzene rings is 1. The summed E-state index contributed by atoms with van der Waals surface area (Å²) in [6.45, 7) is 2.81. The number of rotatable bonds is 6. The van der Waals surface area contributed by atoms with Crippen LogP contribution in [0.2, 0.25) is 0 Å². The lowest BCUT2D eigenvalue weighted by Crippen LogP contribution is -2.51. The van der Waals surface area contributed by atoms with Crippen molar-refractivity contribution in [1.82, 2.24) is 20.2 Å². The van der Waals surface area contributed by atoms with E-state index >= 15 is 0 Å². The molecule has 1 aliphatic heterocycles. The summed E-state index contributed by atoms with van der Waals surface area (Å²) in [7, 11) is 5.57. The van der Waals surface area contributed by atoms with E-state index < -0.39 is 0 Å². The molecular weight excluding hydrogens is 342 g/mol. The number of ether oxygens (including phenoxy) is 2. The molecule has 2 N–H and O–H groups in total. The Morgan fingerprint density at radius 2 is 2.07 bits per heavy atom. The first-order valence-corrected chi connectivity index (χ1v) is 9.30. The Balaban J connectivity index is 1.59. The molecular formula is C20H29N5O2. The molecule has 1 aliphatic rings. The topological polar surface area (TPSA) is 74.8 Å². The summed E-state index contributed by atoms with van der Waals surface area (Å²) < 4.78 is 11.3. The number of aliphatic imine (C=N–C) groups is 1. The van der Waals surface area contributed by atoms with E-state index in [1.807, 2.05) is 31.4 Å². The summed E-state index contributed by atoms with van der Waals surface area (Å²) in [4.78, 5) is 14.3. The fourth-order valence-corrected chi connectivity index (χ4v) is 3.33. The second-order valence-electron chi connectivity index (χ2n) is 6.87. The van der Waals surface area contributed by atoms with E-state index in [9.17, 15) is 0 Å². The van der Waals surface area contributed by atoms with E-state index in [4.69, 9.17) is 9.47 Å². The van der Waals surface area contributed by atoms with Gasteiger partial charge in [-0.15, -0.1) is 0 Å². The number of nitrogens with zero attached hydrogens (tertiary/aromatic N) is 3. The SMILES string of the molecule is CN=C(NCC1(OC)CCOCC1)N(C)Cc1ncc(-c2ccccc2)[nH]1. The second kappa shape index (κ2) is 9.01. The van der Waals surface area contributed by atoms with Crippen LogP contribution in [0.4, 0.5) is 0 Å². The Morgan fingerprint density at radius 3 is 2.74 bits per heavy atom. The molecule has 0 radical (unpaired) electrons. The minimum atomic E-state index is -0.194. The molecule has 146 valence electrons. The highest BCUT2D eigenvalue weighted by molar-refractivity contribution is 5.79. The van der Waals surface area contributed by atoms with Crippen LogP contribution in [0.1, 0.15) is 18.7 Å². The lowest BCUT2D eigenvalue weighted by molar-refractivity contribution is -0.0857. The highest BCUT2D eigenvalue weighted by Gasteiger charge is 2.32. The maximum atomic E-state index is 5.79. The van der Waals surface area contributed by atoms with E-state index in [0.717, 1.165) is 49.1 Å². The highest BCUT2D eigenvalue weighted by Crippen LogP contribution is 2.23. The smallest absolute Gasteiger partial charge is 0.193 e. The molecule has 1 aromatic carbocycles. The maximum Gasteiger partial charge on any atom is 0.193 e. The van der Waals surface area contributed by atoms with Crippen molar-refractivity contribution in [3.63, 3.8) is 0 Å². The van der Waals surface area contributed by atoms with E-state index in [1.165, 1.54) is 0 Å². The van der Waals surface area contributed by atoms with Gasteiger partial charge in [0.2, 0.25) is 0 Å². The molecule has 0 aliphatic carbocycles. The summed E-state index contributed by atoms with van der Waals surface area (Å²) in [5, 5.41) is 3.44. The molecule has 2 heterocycles. The van der Waals surface area contributed by atoms with Gasteiger partial charge in [0.1, 0.15) is 5.82 Å². The normalized spacial score (nSPS) is 16.9. The first kappa shape index (κ1) is 19.4. The lowest BCUT2D eigenvalue weighted by atomic mass is 9.94. The van der Waals surface area contributed by atoms with Crippen LogP contribution in [0.25, 0.3) is 11.3 Å². The predicted molar refractivity (Wildman–Crippen MR) is 107 cm³/mol. The molecule has 0 saturated carbocycles. The van der Waals surface area contributed by atoms with Crippen molar-refractivity contribution in [3.8, 4) is 11.3 Å². The molecule has 3 rings (SSSR count). The third kappa shape index (κ3) is 4.87. The Morgan fingerprint density at radius 1 is 1.33 bits per heavy atom. The molecule has 2 aromatic rings. The van der Waals surface area contributed by atoms with Crippen molar-refractivity contribution < 1.29 is 9.47 Å². The molecule has 1 aromatic heterocycles. The van der Waals surface area contributed by atoms with Gasteiger partial charge in [-0.25, -0.2) is 4.98 Å². The maximum absolute atomic E-state index is 5.79. The average molecular weight is 371 g/mol. The van der Waals surface area contributed by atoms with Crippen molar-refractivity contribution in [1.29, 1.82) is 0 Å². The van der Waals surface area contributed by atoms with Gasteiger partial charge in [-0.2, -0.15) is 0 Å². The van der Waals surface area contributed by atoms with Gasteiger partial charge in [0.25, 0.3) is 0 Å². The lowest BCUT2D eigenvalue weighted by Gasteiger charge is -2.37. The van der Waals surface area contributed by atoms with Gasteiger partial charge in [0, 0.05) is 53.8 Å². The number of hydrogen-bond donors (Lipinski definition) is 2. The molecule has 1 fully saturated rings. The quantitative estimate of drug-likeness (QED) is 0.602. The minimum absolute atomic E-state index is 0.194. The molecule has 7 nitrogen and oxygen atoms in total. The van der Waals surface area contributed by atoms with Gasteiger partial charge in [-0.3, -0.25) is 4.99 Å². The molecule has 0 spiro atoms. The van der Waals surface area contributed by atoms with E-state index in [2.05, 4.69) is 37.3 Å². The Labute approximate surface area is 160 Å². The zero-order valence-electron chi connectivity index (χ0n) is 16.4. The monoisotopic (exact) mass is 371 g/mol. The van der Waals surface area contributed by atoms with E-state index in [1.54, 1.807) is 14.2 Å². The second-order valence-corrected chi connectivity index (χ2v) is 6.87. The minimum Gasteiger partial charge on any atom is -0.381 e. The van der Waals surface area contributed by atoms with Crippen molar-refractivity contribution in [3.05, 3.63) is 42.4 Å². The van der Waals surface area contributed by atoms with Gasteiger partial charge in [0.15, 0.2) is 5.96 Å². The van der Waals surface area contributed by atoms with Crippen LogP contribution < -0.4 is 5.32 Å². The van der Waals surface area contributed by atoms with Gasteiger partial charge in [-0.1, -0.05) is 30.3 Å². The summed E-state index contributed by atoms with van der Waals surface area (Å²) in [5.74, 6) is 1.71. The fourth-order valence-electron chi connectivity index (χ4n) is 3.33. The van der Waals surface area contributed by atoms with Crippen LogP contribution in [-0.2, 0) is 16.0 Å². The van der Waals surface area contributed by atoms with Gasteiger partial charge in [0.05, 0.1) is 24.0 Å². The standard InChI is InChI=1S/C20H29N5O2/c1-21-19(23-15-20(26-3)9-11-27-12-10-20)25(2)14-18-22-13-17(24-18)16-7-5-4-6-8-16/h4-8,13H,9-12,14-15H2,1-3H3,(H,21,23)(H,22,24). The molecule has 0 amide bonds. The van der Waals surface area contributed by atoms with Crippen molar-refractivity contribution >= 4 is 5.96 Å². The first-order valence-electron chi connectivity index (χ1n) is 9.30. The van der Waals surface area contributed by atoms with Crippen LogP contribution >= 0.6 is 0 Å². The van der Waals surface area contributed by atoms with Gasteiger partial charge in [-0.05, 0) is 5.56 Å². The number of guanidine groups is 1. The summed E-state index contributed by atoms with van der Waals surface area (Å²) in [6, 6.07) is 10.2. The zero-order valence-corrected chi connectivity index (χ0v) is 16.4. The summed E-state index contributed by atoms with van der Waals surface area (Å²) in [6.07, 6.45) is 3.64. The zero-order chi connectivity index (χ0) is 19.1. The van der Waals surface area contributed by atoms with Crippen molar-refractivity contribution in [2.24, 2.45) is 4.99 Å². The first-order chi connectivity index (χ1) is 13.2. The van der Waals surface area contributed by atoms with Crippen molar-refractivity contribution in [2.45, 2.75) is 25.0 Å². The van der Waals surface area contributed by atoms with Gasteiger partial charge >= 0.3 is 0 Å². The summed E-state index contributed by atoms with van der Waals surface area (Å²) >= 11 is 0. The molecule has 0 bridgehead atoms. The summed E-state index contributed by atoms with van der Waals surface area (Å²) in [5.41, 5.74) is 1.95. The molecule has 1 saturated heterocycles. The number of H-pyrrole nitrogens is 1. The molecule has 0 unspecified atom stereocenters. The number of nitrogens with one attached hydrogen (secondary N) is 2. The van der Waals surface area contributed by atoms with Crippen LogP contribution in [0.15, 0.2) is 41.5 Å². The third-order valence-corrected chi connectivity index (χ3v) is 5.08. The van der Waals surface area contributed by atoms with E-state index in [-0.39, 0.29) is 5.60 Å². The average Bonchev–Trinajstić information content (AvgIpc) is 3.18. The number of imidazole rings is 1. The predicted octanol–water partition coefficient (Wildman–Crippen LogP) is 2.28. The van der Waals surface area contributed by atoms with Crippen LogP contribution in [0.3, 0.4) is 0 Å². The van der Waals surface area contributed by atoms with E-state index in [0.29, 0.717) is 13.1 Å². The highest BCUT2D eigenvalue weighted by atomic mass is 16.5. The Bertz CT molecular complexity index is 738. The third-order valence-electron chi connectivity index (χ3n) is 5.08. The molecule has 0 atom stereocenters. The number of aromatic nitrogens is 2.